The third kappa shape index (κ3) is 6.25. The molecule has 0 atom stereocenters. The van der Waals surface area contributed by atoms with Crippen molar-refractivity contribution in [3.05, 3.63) is 88.3 Å². The number of methoxy groups -OCH3 is 1. The van der Waals surface area contributed by atoms with Gasteiger partial charge in [0.2, 0.25) is 11.3 Å². The fraction of sp³-hybridized carbons (Fsp3) is 0.308. The minimum absolute atomic E-state index is 0.106. The first kappa shape index (κ1) is 25.3. The van der Waals surface area contributed by atoms with Crippen LogP contribution in [0, 0.1) is 0 Å². The summed E-state index contributed by atoms with van der Waals surface area (Å²) in [6, 6.07) is 15.9. The molecule has 0 radical (unpaired) electrons. The van der Waals surface area contributed by atoms with Gasteiger partial charge >= 0.3 is 6.18 Å². The van der Waals surface area contributed by atoms with Crippen LogP contribution in [0.15, 0.2) is 71.7 Å². The number of ether oxygens (including phenoxy) is 1. The summed E-state index contributed by atoms with van der Waals surface area (Å²) in [5.41, 5.74) is 0.990. The minimum atomic E-state index is -4.45. The van der Waals surface area contributed by atoms with Gasteiger partial charge in [-0.3, -0.25) is 14.5 Å². The molecule has 1 aromatic heterocycles. The number of halogens is 3. The number of hydrogen-bond donors (Lipinski definition) is 1. The van der Waals surface area contributed by atoms with Gasteiger partial charge in [0.1, 0.15) is 6.54 Å². The van der Waals surface area contributed by atoms with E-state index in [4.69, 9.17) is 4.74 Å². The van der Waals surface area contributed by atoms with Crippen molar-refractivity contribution in [1.29, 1.82) is 0 Å². The van der Waals surface area contributed by atoms with Crippen LogP contribution in [-0.4, -0.2) is 48.7 Å². The summed E-state index contributed by atoms with van der Waals surface area (Å²) in [7, 11) is 1.38. The smallest absolute Gasteiger partial charge is 0.416 e. The Morgan fingerprint density at radius 3 is 2.28 bits per heavy atom. The number of benzene rings is 2. The second-order valence-corrected chi connectivity index (χ2v) is 8.55. The molecule has 190 valence electrons. The van der Waals surface area contributed by atoms with Gasteiger partial charge in [0, 0.05) is 55.9 Å². The fourth-order valence-electron chi connectivity index (χ4n) is 4.16. The number of nitrogens with zero attached hydrogens (tertiary/aromatic N) is 3. The zero-order chi connectivity index (χ0) is 25.7. The molecule has 1 saturated heterocycles. The van der Waals surface area contributed by atoms with E-state index in [-0.39, 0.29) is 23.4 Å². The highest BCUT2D eigenvalue weighted by Gasteiger charge is 2.30. The maximum atomic E-state index is 12.8. The summed E-state index contributed by atoms with van der Waals surface area (Å²) in [6.45, 7) is 3.57. The molecule has 1 amide bonds. The van der Waals surface area contributed by atoms with Crippen LogP contribution < -0.4 is 20.4 Å². The monoisotopic (exact) mass is 500 g/mol. The van der Waals surface area contributed by atoms with Gasteiger partial charge in [0.05, 0.1) is 18.9 Å². The zero-order valence-electron chi connectivity index (χ0n) is 19.8. The number of carbonyl (C=O) groups excluding carboxylic acids is 1. The number of para-hydroxylation sites is 1. The molecule has 1 fully saturated rings. The Kier molecular flexibility index (Phi) is 7.64. The first-order valence-electron chi connectivity index (χ1n) is 11.5. The molecule has 1 aliphatic rings. The summed E-state index contributed by atoms with van der Waals surface area (Å²) in [5.74, 6) is -0.328. The van der Waals surface area contributed by atoms with E-state index >= 15 is 0 Å². The van der Waals surface area contributed by atoms with Crippen LogP contribution in [0.25, 0.3) is 0 Å². The lowest BCUT2D eigenvalue weighted by molar-refractivity contribution is -0.137. The predicted molar refractivity (Wildman–Crippen MR) is 131 cm³/mol. The summed E-state index contributed by atoms with van der Waals surface area (Å²) in [6.07, 6.45) is -2.96. The lowest BCUT2D eigenvalue weighted by Gasteiger charge is -2.36. The van der Waals surface area contributed by atoms with E-state index < -0.39 is 17.6 Å². The standard InChI is InChI=1S/C26H27F3N4O3/c1-36-24-17-33(18-25(35)30-20-9-7-19(8-10-20)26(27,28)29)22(15-23(24)34)16-31-11-13-32(14-12-31)21-5-3-2-4-6-21/h2-10,15,17H,11-14,16,18H2,1H3,(H,30,35). The third-order valence-electron chi connectivity index (χ3n) is 6.09. The number of rotatable bonds is 7. The largest absolute Gasteiger partial charge is 0.491 e. The number of pyridine rings is 1. The van der Waals surface area contributed by atoms with Crippen LogP contribution in [0.3, 0.4) is 0 Å². The van der Waals surface area contributed by atoms with Gasteiger partial charge in [0.25, 0.3) is 0 Å². The Balaban J connectivity index is 1.44. The first-order valence-corrected chi connectivity index (χ1v) is 11.5. The Labute approximate surface area is 206 Å². The van der Waals surface area contributed by atoms with E-state index in [1.165, 1.54) is 37.2 Å². The van der Waals surface area contributed by atoms with Crippen molar-refractivity contribution >= 4 is 17.3 Å². The maximum absolute atomic E-state index is 12.8. The molecule has 3 aromatic rings. The number of aromatic nitrogens is 1. The molecular weight excluding hydrogens is 473 g/mol. The summed E-state index contributed by atoms with van der Waals surface area (Å²) >= 11 is 0. The van der Waals surface area contributed by atoms with Gasteiger partial charge in [-0.15, -0.1) is 0 Å². The number of alkyl halides is 3. The Morgan fingerprint density at radius 2 is 1.67 bits per heavy atom. The lowest BCUT2D eigenvalue weighted by Crippen LogP contribution is -2.46. The number of carbonyl (C=O) groups is 1. The van der Waals surface area contributed by atoms with Gasteiger partial charge < -0.3 is 19.5 Å². The molecule has 0 bridgehead atoms. The number of hydrogen-bond acceptors (Lipinski definition) is 5. The van der Waals surface area contributed by atoms with Crippen molar-refractivity contribution in [3.63, 3.8) is 0 Å². The Hall–Kier alpha value is -3.79. The molecule has 7 nitrogen and oxygen atoms in total. The van der Waals surface area contributed by atoms with E-state index in [1.807, 2.05) is 18.2 Å². The van der Waals surface area contributed by atoms with Crippen LogP contribution >= 0.6 is 0 Å². The van der Waals surface area contributed by atoms with Gasteiger partial charge in [-0.05, 0) is 36.4 Å². The first-order chi connectivity index (χ1) is 17.2. The topological polar surface area (TPSA) is 66.8 Å². The second kappa shape index (κ2) is 10.9. The molecule has 2 aromatic carbocycles. The summed E-state index contributed by atoms with van der Waals surface area (Å²) < 4.78 is 45.1. The fourth-order valence-corrected chi connectivity index (χ4v) is 4.16. The van der Waals surface area contributed by atoms with E-state index in [1.54, 1.807) is 4.57 Å². The van der Waals surface area contributed by atoms with Crippen LogP contribution in [0.2, 0.25) is 0 Å². The minimum Gasteiger partial charge on any atom is -0.491 e. The van der Waals surface area contributed by atoms with Crippen molar-refractivity contribution < 1.29 is 22.7 Å². The molecular formula is C26H27F3N4O3. The van der Waals surface area contributed by atoms with Crippen molar-refractivity contribution in [2.45, 2.75) is 19.3 Å². The lowest BCUT2D eigenvalue weighted by atomic mass is 10.2. The van der Waals surface area contributed by atoms with E-state index in [2.05, 4.69) is 27.2 Å². The predicted octanol–water partition coefficient (Wildman–Crippen LogP) is 3.84. The SMILES string of the molecule is COc1cn(CC(=O)Nc2ccc(C(F)(F)F)cc2)c(CN2CCN(c3ccccc3)CC2)cc1=O. The van der Waals surface area contributed by atoms with Crippen molar-refractivity contribution in [3.8, 4) is 5.75 Å². The molecule has 10 heteroatoms. The van der Waals surface area contributed by atoms with Crippen LogP contribution in [0.1, 0.15) is 11.3 Å². The van der Waals surface area contributed by atoms with Gasteiger partial charge in [-0.2, -0.15) is 13.2 Å². The van der Waals surface area contributed by atoms with Crippen molar-refractivity contribution in [1.82, 2.24) is 9.47 Å². The Morgan fingerprint density at radius 1 is 1.00 bits per heavy atom. The third-order valence-corrected chi connectivity index (χ3v) is 6.09. The number of anilines is 2. The normalized spacial score (nSPS) is 14.5. The number of amides is 1. The molecule has 4 rings (SSSR count). The molecule has 0 spiro atoms. The van der Waals surface area contributed by atoms with Crippen LogP contribution in [-0.2, 0) is 24.1 Å². The van der Waals surface area contributed by atoms with Crippen LogP contribution in [0.4, 0.5) is 24.5 Å². The van der Waals surface area contributed by atoms with E-state index in [9.17, 15) is 22.8 Å². The van der Waals surface area contributed by atoms with Crippen molar-refractivity contribution in [2.75, 3.05) is 43.5 Å². The quantitative estimate of drug-likeness (QED) is 0.534. The zero-order valence-corrected chi connectivity index (χ0v) is 19.8. The molecule has 2 heterocycles. The number of nitrogens with one attached hydrogen (secondary N) is 1. The molecule has 0 unspecified atom stereocenters. The van der Waals surface area contributed by atoms with Gasteiger partial charge in [-0.25, -0.2) is 0 Å². The average Bonchev–Trinajstić information content (AvgIpc) is 2.86. The van der Waals surface area contributed by atoms with Gasteiger partial charge in [0.15, 0.2) is 5.75 Å². The number of piperazine rings is 1. The van der Waals surface area contributed by atoms with E-state index in [0.29, 0.717) is 12.2 Å². The highest BCUT2D eigenvalue weighted by molar-refractivity contribution is 5.90. The second-order valence-electron chi connectivity index (χ2n) is 8.55. The highest BCUT2D eigenvalue weighted by Crippen LogP contribution is 2.29. The maximum Gasteiger partial charge on any atom is 0.416 e. The molecule has 1 N–H and O–H groups in total. The summed E-state index contributed by atoms with van der Waals surface area (Å²) in [4.78, 5) is 29.6. The molecule has 0 saturated carbocycles. The summed E-state index contributed by atoms with van der Waals surface area (Å²) in [5, 5.41) is 2.61. The molecule has 0 aliphatic carbocycles. The van der Waals surface area contributed by atoms with E-state index in [0.717, 1.165) is 38.3 Å². The van der Waals surface area contributed by atoms with Crippen molar-refractivity contribution in [2.24, 2.45) is 0 Å². The highest BCUT2D eigenvalue weighted by atomic mass is 19.4. The Bertz CT molecular complexity index is 1240. The average molecular weight is 501 g/mol. The van der Waals surface area contributed by atoms with Crippen LogP contribution in [0.5, 0.6) is 5.75 Å². The van der Waals surface area contributed by atoms with Gasteiger partial charge in [-0.1, -0.05) is 18.2 Å². The molecule has 1 aliphatic heterocycles. The molecule has 36 heavy (non-hydrogen) atoms.